The molecule has 0 fully saturated rings. The third-order valence-electron chi connectivity index (χ3n) is 3.68. The van der Waals surface area contributed by atoms with Crippen molar-refractivity contribution in [1.29, 1.82) is 0 Å². The van der Waals surface area contributed by atoms with Crippen LogP contribution in [0.3, 0.4) is 0 Å². The SMILES string of the molecule is c1ccc2cc(Oc3ccc4ccccc4c3)ccc2c1. The molecule has 0 unspecified atom stereocenters. The predicted molar refractivity (Wildman–Crippen MR) is 88.0 cm³/mol. The lowest BCUT2D eigenvalue weighted by Gasteiger charge is -2.08. The van der Waals surface area contributed by atoms with E-state index in [1.165, 1.54) is 21.5 Å². The van der Waals surface area contributed by atoms with Crippen LogP contribution >= 0.6 is 0 Å². The van der Waals surface area contributed by atoms with Crippen LogP contribution in [0.25, 0.3) is 21.5 Å². The van der Waals surface area contributed by atoms with Gasteiger partial charge in [-0.2, -0.15) is 0 Å². The molecule has 4 rings (SSSR count). The number of fused-ring (bicyclic) bond motifs is 2. The summed E-state index contributed by atoms with van der Waals surface area (Å²) in [6.07, 6.45) is 0. The maximum atomic E-state index is 5.99. The lowest BCUT2D eigenvalue weighted by Crippen LogP contribution is -1.84. The zero-order valence-corrected chi connectivity index (χ0v) is 11.5. The maximum Gasteiger partial charge on any atom is 0.128 e. The van der Waals surface area contributed by atoms with Gasteiger partial charge in [-0.1, -0.05) is 60.7 Å². The first-order chi connectivity index (χ1) is 10.4. The van der Waals surface area contributed by atoms with Crippen molar-refractivity contribution < 1.29 is 4.74 Å². The first-order valence-electron chi connectivity index (χ1n) is 7.04. The van der Waals surface area contributed by atoms with Crippen LogP contribution in [0.5, 0.6) is 11.5 Å². The molecule has 0 saturated heterocycles. The fourth-order valence-corrected chi connectivity index (χ4v) is 2.60. The Balaban J connectivity index is 1.71. The molecular weight excluding hydrogens is 256 g/mol. The van der Waals surface area contributed by atoms with Crippen molar-refractivity contribution in [3.8, 4) is 11.5 Å². The number of hydrogen-bond acceptors (Lipinski definition) is 1. The predicted octanol–water partition coefficient (Wildman–Crippen LogP) is 5.79. The molecule has 0 aliphatic carbocycles. The van der Waals surface area contributed by atoms with Gasteiger partial charge in [0.2, 0.25) is 0 Å². The molecule has 100 valence electrons. The van der Waals surface area contributed by atoms with Crippen LogP contribution in [0.1, 0.15) is 0 Å². The van der Waals surface area contributed by atoms with E-state index in [1.54, 1.807) is 0 Å². The summed E-state index contributed by atoms with van der Waals surface area (Å²) in [7, 11) is 0. The van der Waals surface area contributed by atoms with Crippen molar-refractivity contribution in [2.45, 2.75) is 0 Å². The van der Waals surface area contributed by atoms with Gasteiger partial charge < -0.3 is 4.74 Å². The molecule has 0 heterocycles. The van der Waals surface area contributed by atoms with E-state index in [0.717, 1.165) is 11.5 Å². The average Bonchev–Trinajstić information content (AvgIpc) is 2.55. The lowest BCUT2D eigenvalue weighted by molar-refractivity contribution is 0.484. The van der Waals surface area contributed by atoms with Gasteiger partial charge in [0.05, 0.1) is 0 Å². The molecule has 0 aliphatic heterocycles. The molecule has 1 nitrogen and oxygen atoms in total. The smallest absolute Gasteiger partial charge is 0.128 e. The van der Waals surface area contributed by atoms with Crippen molar-refractivity contribution in [3.63, 3.8) is 0 Å². The minimum Gasteiger partial charge on any atom is -0.457 e. The van der Waals surface area contributed by atoms with Crippen molar-refractivity contribution in [1.82, 2.24) is 0 Å². The molecule has 4 aromatic carbocycles. The maximum absolute atomic E-state index is 5.99. The fraction of sp³-hybridized carbons (Fsp3) is 0. The average molecular weight is 270 g/mol. The molecule has 21 heavy (non-hydrogen) atoms. The quantitative estimate of drug-likeness (QED) is 0.448. The van der Waals surface area contributed by atoms with E-state index >= 15 is 0 Å². The molecule has 0 amide bonds. The van der Waals surface area contributed by atoms with Crippen LogP contribution in [-0.4, -0.2) is 0 Å². The first-order valence-corrected chi connectivity index (χ1v) is 7.04. The van der Waals surface area contributed by atoms with Crippen molar-refractivity contribution in [2.75, 3.05) is 0 Å². The van der Waals surface area contributed by atoms with Crippen LogP contribution < -0.4 is 4.74 Å². The van der Waals surface area contributed by atoms with Crippen LogP contribution in [0.4, 0.5) is 0 Å². The van der Waals surface area contributed by atoms with Gasteiger partial charge in [-0.15, -0.1) is 0 Å². The summed E-state index contributed by atoms with van der Waals surface area (Å²) in [6, 6.07) is 28.9. The van der Waals surface area contributed by atoms with E-state index in [2.05, 4.69) is 48.5 Å². The zero-order chi connectivity index (χ0) is 14.1. The summed E-state index contributed by atoms with van der Waals surface area (Å²) < 4.78 is 5.99. The Morgan fingerprint density at radius 1 is 0.429 bits per heavy atom. The molecular formula is C20H14O. The first kappa shape index (κ1) is 12.0. The number of hydrogen-bond donors (Lipinski definition) is 0. The molecule has 0 atom stereocenters. The van der Waals surface area contributed by atoms with E-state index < -0.39 is 0 Å². The monoisotopic (exact) mass is 270 g/mol. The molecule has 4 aromatic rings. The van der Waals surface area contributed by atoms with Crippen LogP contribution in [-0.2, 0) is 0 Å². The van der Waals surface area contributed by atoms with Gasteiger partial charge in [-0.3, -0.25) is 0 Å². The van der Waals surface area contributed by atoms with E-state index in [0.29, 0.717) is 0 Å². The van der Waals surface area contributed by atoms with Crippen molar-refractivity contribution in [3.05, 3.63) is 84.9 Å². The minimum absolute atomic E-state index is 0.865. The Bertz CT molecular complexity index is 847. The molecule has 0 aromatic heterocycles. The van der Waals surface area contributed by atoms with Gasteiger partial charge in [-0.25, -0.2) is 0 Å². The fourth-order valence-electron chi connectivity index (χ4n) is 2.60. The second-order valence-corrected chi connectivity index (χ2v) is 5.12. The Morgan fingerprint density at radius 3 is 1.33 bits per heavy atom. The molecule has 0 aliphatic rings. The highest BCUT2D eigenvalue weighted by molar-refractivity contribution is 5.85. The molecule has 0 spiro atoms. The molecule has 0 saturated carbocycles. The largest absolute Gasteiger partial charge is 0.457 e. The van der Waals surface area contributed by atoms with Gasteiger partial charge in [0.25, 0.3) is 0 Å². The van der Waals surface area contributed by atoms with Gasteiger partial charge in [0.1, 0.15) is 11.5 Å². The Morgan fingerprint density at radius 2 is 0.857 bits per heavy atom. The van der Waals surface area contributed by atoms with Crippen LogP contribution in [0, 0.1) is 0 Å². The summed E-state index contributed by atoms with van der Waals surface area (Å²) >= 11 is 0. The highest BCUT2D eigenvalue weighted by atomic mass is 16.5. The van der Waals surface area contributed by atoms with E-state index in [1.807, 2.05) is 36.4 Å². The van der Waals surface area contributed by atoms with Crippen molar-refractivity contribution >= 4 is 21.5 Å². The van der Waals surface area contributed by atoms with Crippen LogP contribution in [0.15, 0.2) is 84.9 Å². The number of ether oxygens (including phenoxy) is 1. The summed E-state index contributed by atoms with van der Waals surface area (Å²) in [5.74, 6) is 1.73. The second-order valence-electron chi connectivity index (χ2n) is 5.12. The van der Waals surface area contributed by atoms with E-state index in [4.69, 9.17) is 4.74 Å². The number of benzene rings is 4. The molecule has 0 bridgehead atoms. The van der Waals surface area contributed by atoms with E-state index in [9.17, 15) is 0 Å². The third-order valence-corrected chi connectivity index (χ3v) is 3.68. The summed E-state index contributed by atoms with van der Waals surface area (Å²) in [4.78, 5) is 0. The Hall–Kier alpha value is -2.80. The lowest BCUT2D eigenvalue weighted by atomic mass is 10.1. The summed E-state index contributed by atoms with van der Waals surface area (Å²) in [6.45, 7) is 0. The Kier molecular flexibility index (Phi) is 2.82. The third kappa shape index (κ3) is 2.34. The molecule has 0 radical (unpaired) electrons. The van der Waals surface area contributed by atoms with Crippen LogP contribution in [0.2, 0.25) is 0 Å². The van der Waals surface area contributed by atoms with E-state index in [-0.39, 0.29) is 0 Å². The summed E-state index contributed by atoms with van der Waals surface area (Å²) in [5, 5.41) is 4.83. The van der Waals surface area contributed by atoms with Gasteiger partial charge >= 0.3 is 0 Å². The molecule has 0 N–H and O–H groups in total. The van der Waals surface area contributed by atoms with Gasteiger partial charge in [0.15, 0.2) is 0 Å². The van der Waals surface area contributed by atoms with Gasteiger partial charge in [0, 0.05) is 0 Å². The van der Waals surface area contributed by atoms with Crippen molar-refractivity contribution in [2.24, 2.45) is 0 Å². The minimum atomic E-state index is 0.865. The zero-order valence-electron chi connectivity index (χ0n) is 11.5. The standard InChI is InChI=1S/C20H14O/c1-3-7-17-13-19(11-9-15(17)5-1)21-20-12-10-16-6-2-4-8-18(16)14-20/h1-14H. The van der Waals surface area contributed by atoms with Gasteiger partial charge in [-0.05, 0) is 45.8 Å². The highest BCUT2D eigenvalue weighted by Crippen LogP contribution is 2.28. The number of rotatable bonds is 2. The molecule has 1 heteroatoms. The Labute approximate surface area is 123 Å². The topological polar surface area (TPSA) is 9.23 Å². The second kappa shape index (κ2) is 4.95. The normalized spacial score (nSPS) is 10.9. The summed E-state index contributed by atoms with van der Waals surface area (Å²) in [5.41, 5.74) is 0. The highest BCUT2D eigenvalue weighted by Gasteiger charge is 2.01.